The zero-order chi connectivity index (χ0) is 17.9. The molecule has 1 aliphatic rings. The molecule has 0 heterocycles. The third-order valence-electron chi connectivity index (χ3n) is 5.00. The van der Waals surface area contributed by atoms with Crippen molar-refractivity contribution in [1.82, 2.24) is 0 Å². The summed E-state index contributed by atoms with van der Waals surface area (Å²) < 4.78 is 12.1. The quantitative estimate of drug-likeness (QED) is 0.392. The molecule has 2 heteroatoms. The maximum atomic E-state index is 6.03. The van der Waals surface area contributed by atoms with Crippen LogP contribution in [0.5, 0.6) is 0 Å². The highest BCUT2D eigenvalue weighted by Crippen LogP contribution is 2.26. The number of hydrogen-bond donors (Lipinski definition) is 0. The summed E-state index contributed by atoms with van der Waals surface area (Å²) in [5.41, 5.74) is 2.34. The Bertz CT molecular complexity index is 586. The van der Waals surface area contributed by atoms with Gasteiger partial charge in [-0.3, -0.25) is 0 Å². The third-order valence-corrected chi connectivity index (χ3v) is 5.00. The molecular formula is C24H30O2. The predicted octanol–water partition coefficient (Wildman–Crippen LogP) is 6.27. The molecule has 1 aliphatic carbocycles. The average molecular weight is 351 g/mol. The summed E-state index contributed by atoms with van der Waals surface area (Å²) in [5.74, 6) is 0.837. The van der Waals surface area contributed by atoms with Gasteiger partial charge in [0.15, 0.2) is 6.29 Å². The van der Waals surface area contributed by atoms with Gasteiger partial charge in [0.05, 0.1) is 13.2 Å². The van der Waals surface area contributed by atoms with Crippen LogP contribution < -0.4 is 0 Å². The van der Waals surface area contributed by atoms with Crippen LogP contribution in [0.4, 0.5) is 0 Å². The lowest BCUT2D eigenvalue weighted by atomic mass is 9.87. The number of hydrogen-bond acceptors (Lipinski definition) is 2. The van der Waals surface area contributed by atoms with Gasteiger partial charge in [0, 0.05) is 0 Å². The molecule has 0 unspecified atom stereocenters. The fraction of sp³-hybridized carbons (Fsp3) is 0.417. The van der Waals surface area contributed by atoms with Gasteiger partial charge in [-0.2, -0.15) is 0 Å². The standard InChI is InChI=1S/C24H30O2/c1-4-11-21(12-5-1)17-10-18-24(25-19-22-13-6-2-7-14-22)26-20-23-15-8-3-9-16-23/h2-3,6-10,13-16,18,21,24H,1,4-5,11-12,17,19-20H2/b18-10-. The maximum absolute atomic E-state index is 6.03. The lowest BCUT2D eigenvalue weighted by molar-refractivity contribution is -0.126. The van der Waals surface area contributed by atoms with E-state index in [-0.39, 0.29) is 6.29 Å². The molecule has 0 amide bonds. The van der Waals surface area contributed by atoms with Gasteiger partial charge >= 0.3 is 0 Å². The molecule has 0 spiro atoms. The van der Waals surface area contributed by atoms with Gasteiger partial charge in [-0.25, -0.2) is 0 Å². The molecule has 26 heavy (non-hydrogen) atoms. The Kier molecular flexibility index (Phi) is 7.95. The summed E-state index contributed by atoms with van der Waals surface area (Å²) in [7, 11) is 0. The SMILES string of the molecule is C(=C/C(OCc1ccccc1)OCc1ccccc1)/CC1CCCCC1. The minimum absolute atomic E-state index is 0.306. The highest BCUT2D eigenvalue weighted by molar-refractivity contribution is 5.14. The van der Waals surface area contributed by atoms with Crippen LogP contribution in [0.2, 0.25) is 0 Å². The van der Waals surface area contributed by atoms with E-state index in [0.29, 0.717) is 13.2 Å². The largest absolute Gasteiger partial charge is 0.344 e. The fourth-order valence-corrected chi connectivity index (χ4v) is 3.47. The van der Waals surface area contributed by atoms with Gasteiger partial charge in [0.1, 0.15) is 0 Å². The van der Waals surface area contributed by atoms with Crippen molar-refractivity contribution in [2.45, 2.75) is 58.0 Å². The molecule has 1 fully saturated rings. The van der Waals surface area contributed by atoms with Crippen LogP contribution in [0.15, 0.2) is 72.8 Å². The zero-order valence-electron chi connectivity index (χ0n) is 15.6. The smallest absolute Gasteiger partial charge is 0.177 e. The van der Waals surface area contributed by atoms with E-state index in [1.165, 1.54) is 43.2 Å². The Morgan fingerprint density at radius 3 is 1.85 bits per heavy atom. The second kappa shape index (κ2) is 10.9. The molecule has 0 N–H and O–H groups in total. The van der Waals surface area contributed by atoms with Crippen molar-refractivity contribution < 1.29 is 9.47 Å². The summed E-state index contributed by atoms with van der Waals surface area (Å²) in [6.45, 7) is 1.13. The van der Waals surface area contributed by atoms with Gasteiger partial charge in [0.25, 0.3) is 0 Å². The van der Waals surface area contributed by atoms with E-state index >= 15 is 0 Å². The van der Waals surface area contributed by atoms with Crippen LogP contribution in [0, 0.1) is 5.92 Å². The number of rotatable bonds is 9. The predicted molar refractivity (Wildman–Crippen MR) is 107 cm³/mol. The molecule has 0 saturated heterocycles. The second-order valence-corrected chi connectivity index (χ2v) is 7.13. The van der Waals surface area contributed by atoms with Crippen molar-refractivity contribution in [1.29, 1.82) is 0 Å². The van der Waals surface area contributed by atoms with Crippen LogP contribution in [-0.4, -0.2) is 6.29 Å². The Morgan fingerprint density at radius 1 is 0.769 bits per heavy atom. The van der Waals surface area contributed by atoms with Gasteiger partial charge in [0.2, 0.25) is 0 Å². The Balaban J connectivity index is 1.52. The number of allylic oxidation sites excluding steroid dienone is 1. The molecule has 0 radical (unpaired) electrons. The molecule has 138 valence electrons. The van der Waals surface area contributed by atoms with E-state index < -0.39 is 0 Å². The van der Waals surface area contributed by atoms with Crippen molar-refractivity contribution >= 4 is 0 Å². The summed E-state index contributed by atoms with van der Waals surface area (Å²) in [5, 5.41) is 0. The van der Waals surface area contributed by atoms with E-state index in [2.05, 4.69) is 36.4 Å². The number of ether oxygens (including phenoxy) is 2. The van der Waals surface area contributed by atoms with Crippen LogP contribution in [-0.2, 0) is 22.7 Å². The molecule has 1 saturated carbocycles. The van der Waals surface area contributed by atoms with Gasteiger partial charge in [-0.05, 0) is 29.5 Å². The van der Waals surface area contributed by atoms with Gasteiger partial charge < -0.3 is 9.47 Å². The van der Waals surface area contributed by atoms with E-state index in [1.54, 1.807) is 0 Å². The molecule has 0 atom stereocenters. The van der Waals surface area contributed by atoms with Crippen molar-refractivity contribution in [3.05, 3.63) is 83.9 Å². The van der Waals surface area contributed by atoms with Crippen LogP contribution >= 0.6 is 0 Å². The average Bonchev–Trinajstić information content (AvgIpc) is 2.72. The first-order valence-corrected chi connectivity index (χ1v) is 9.88. The molecule has 0 aromatic heterocycles. The maximum Gasteiger partial charge on any atom is 0.177 e. The fourth-order valence-electron chi connectivity index (χ4n) is 3.47. The Morgan fingerprint density at radius 2 is 1.31 bits per heavy atom. The lowest BCUT2D eigenvalue weighted by Gasteiger charge is -2.20. The Labute approximate surface area is 157 Å². The minimum atomic E-state index is -0.306. The van der Waals surface area contributed by atoms with Crippen molar-refractivity contribution in [3.8, 4) is 0 Å². The van der Waals surface area contributed by atoms with Crippen molar-refractivity contribution in [2.24, 2.45) is 5.92 Å². The second-order valence-electron chi connectivity index (χ2n) is 7.13. The van der Waals surface area contributed by atoms with Crippen LogP contribution in [0.1, 0.15) is 49.7 Å². The van der Waals surface area contributed by atoms with E-state index in [9.17, 15) is 0 Å². The number of benzene rings is 2. The van der Waals surface area contributed by atoms with Gasteiger partial charge in [-0.15, -0.1) is 0 Å². The lowest BCUT2D eigenvalue weighted by Crippen LogP contribution is -2.15. The van der Waals surface area contributed by atoms with Crippen LogP contribution in [0.3, 0.4) is 0 Å². The topological polar surface area (TPSA) is 18.5 Å². The molecule has 2 aromatic carbocycles. The minimum Gasteiger partial charge on any atom is -0.344 e. The Hall–Kier alpha value is -1.90. The molecular weight excluding hydrogens is 320 g/mol. The highest BCUT2D eigenvalue weighted by atomic mass is 16.7. The molecule has 2 nitrogen and oxygen atoms in total. The molecule has 2 aromatic rings. The monoisotopic (exact) mass is 350 g/mol. The first-order chi connectivity index (χ1) is 12.9. The van der Waals surface area contributed by atoms with E-state index in [4.69, 9.17) is 9.47 Å². The molecule has 0 bridgehead atoms. The summed E-state index contributed by atoms with van der Waals surface area (Å²) in [6, 6.07) is 20.5. The molecule has 0 aliphatic heterocycles. The summed E-state index contributed by atoms with van der Waals surface area (Å²) in [4.78, 5) is 0. The highest BCUT2D eigenvalue weighted by Gasteiger charge is 2.12. The van der Waals surface area contributed by atoms with Crippen molar-refractivity contribution in [3.63, 3.8) is 0 Å². The van der Waals surface area contributed by atoms with Gasteiger partial charge in [-0.1, -0.05) is 98.8 Å². The van der Waals surface area contributed by atoms with Crippen LogP contribution in [0.25, 0.3) is 0 Å². The van der Waals surface area contributed by atoms with Crippen molar-refractivity contribution in [2.75, 3.05) is 0 Å². The normalized spacial score (nSPS) is 15.7. The first-order valence-electron chi connectivity index (χ1n) is 9.88. The zero-order valence-corrected chi connectivity index (χ0v) is 15.6. The summed E-state index contributed by atoms with van der Waals surface area (Å²) >= 11 is 0. The first kappa shape index (κ1) is 18.9. The van der Waals surface area contributed by atoms with E-state index in [0.717, 1.165) is 12.3 Å². The summed E-state index contributed by atoms with van der Waals surface area (Å²) in [6.07, 6.45) is 12.1. The van der Waals surface area contributed by atoms with E-state index in [1.807, 2.05) is 36.4 Å². The third kappa shape index (κ3) is 6.78. The molecule has 3 rings (SSSR count).